The van der Waals surface area contributed by atoms with Crippen LogP contribution >= 0.6 is 0 Å². The quantitative estimate of drug-likeness (QED) is 0.652. The molecule has 6 nitrogen and oxygen atoms in total. The predicted octanol–water partition coefficient (Wildman–Crippen LogP) is 2.91. The third-order valence-corrected chi connectivity index (χ3v) is 5.70. The van der Waals surface area contributed by atoms with E-state index in [1.807, 2.05) is 6.92 Å². The first kappa shape index (κ1) is 21.8. The smallest absolute Gasteiger partial charge is 0.243 e. The van der Waals surface area contributed by atoms with Crippen molar-refractivity contribution < 1.29 is 17.9 Å². The molecule has 28 heavy (non-hydrogen) atoms. The Morgan fingerprint density at radius 1 is 1.18 bits per heavy atom. The van der Waals surface area contributed by atoms with Crippen LogP contribution in [0.5, 0.6) is 5.75 Å². The number of rotatable bonds is 9. The minimum absolute atomic E-state index is 0.336. The van der Waals surface area contributed by atoms with Gasteiger partial charge in [-0.2, -0.15) is 0 Å². The maximum Gasteiger partial charge on any atom is 0.243 e. The highest BCUT2D eigenvalue weighted by Gasteiger charge is 2.29. The number of amides is 1. The molecule has 1 atom stereocenters. The molecule has 0 bridgehead atoms. The molecule has 0 saturated carbocycles. The summed E-state index contributed by atoms with van der Waals surface area (Å²) in [7, 11) is -2.14. The topological polar surface area (TPSA) is 75.7 Å². The van der Waals surface area contributed by atoms with E-state index in [1.54, 1.807) is 31.2 Å². The van der Waals surface area contributed by atoms with Gasteiger partial charge in [-0.25, -0.2) is 8.42 Å². The summed E-state index contributed by atoms with van der Waals surface area (Å²) in [6.07, 6.45) is 2.72. The largest absolute Gasteiger partial charge is 0.497 e. The Bertz CT molecular complexity index is 895. The summed E-state index contributed by atoms with van der Waals surface area (Å²) in [4.78, 5) is 12.6. The molecule has 0 aliphatic heterocycles. The number of hydrogen-bond acceptors (Lipinski definition) is 4. The van der Waals surface area contributed by atoms with Crippen LogP contribution in [0.15, 0.2) is 48.5 Å². The molecule has 0 saturated heterocycles. The molecule has 0 aromatic heterocycles. The maximum atomic E-state index is 12.6. The first-order valence-corrected chi connectivity index (χ1v) is 11.0. The zero-order chi connectivity index (χ0) is 20.7. The predicted molar refractivity (Wildman–Crippen MR) is 112 cm³/mol. The lowest BCUT2D eigenvalue weighted by Crippen LogP contribution is -2.48. The molecular formula is C21H28N2O4S. The normalized spacial score (nSPS) is 12.3. The van der Waals surface area contributed by atoms with Crippen molar-refractivity contribution in [1.29, 1.82) is 0 Å². The molecular weight excluding hydrogens is 376 g/mol. The van der Waals surface area contributed by atoms with Gasteiger partial charge in [-0.15, -0.1) is 0 Å². The van der Waals surface area contributed by atoms with Gasteiger partial charge in [0, 0.05) is 12.6 Å². The number of anilines is 1. The van der Waals surface area contributed by atoms with Crippen molar-refractivity contribution in [3.63, 3.8) is 0 Å². The Balaban J connectivity index is 2.00. The molecule has 152 valence electrons. The molecule has 2 aromatic rings. The number of aryl methyl sites for hydroxylation is 2. The van der Waals surface area contributed by atoms with Gasteiger partial charge in [0.15, 0.2) is 0 Å². The van der Waals surface area contributed by atoms with Gasteiger partial charge >= 0.3 is 0 Å². The highest BCUT2D eigenvalue weighted by molar-refractivity contribution is 7.92. The van der Waals surface area contributed by atoms with E-state index in [4.69, 9.17) is 4.74 Å². The number of benzene rings is 2. The maximum absolute atomic E-state index is 12.6. The standard InChI is InChI=1S/C21H28N2O4S/c1-16-10-12-18(13-11-16)7-6-14-22-21(24)17(2)23(28(4,25)26)19-8-5-9-20(15-19)27-3/h5,8-13,15,17H,6-7,14H2,1-4H3,(H,22,24)/t17-/m0/s1. The molecule has 0 heterocycles. The van der Waals surface area contributed by atoms with Gasteiger partial charge in [-0.1, -0.05) is 35.9 Å². The number of ether oxygens (including phenoxy) is 1. The number of nitrogens with one attached hydrogen (secondary N) is 1. The molecule has 0 radical (unpaired) electrons. The fourth-order valence-corrected chi connectivity index (χ4v) is 4.13. The molecule has 1 amide bonds. The number of carbonyl (C=O) groups excluding carboxylic acids is 1. The second kappa shape index (κ2) is 9.59. The van der Waals surface area contributed by atoms with Crippen molar-refractivity contribution in [2.24, 2.45) is 0 Å². The third kappa shape index (κ3) is 5.99. The fraction of sp³-hybridized carbons (Fsp3) is 0.381. The first-order valence-electron chi connectivity index (χ1n) is 9.19. The lowest BCUT2D eigenvalue weighted by Gasteiger charge is -2.28. The van der Waals surface area contributed by atoms with E-state index in [-0.39, 0.29) is 5.91 Å². The second-order valence-corrected chi connectivity index (χ2v) is 8.68. The van der Waals surface area contributed by atoms with E-state index in [1.165, 1.54) is 18.2 Å². The third-order valence-electron chi connectivity index (χ3n) is 4.46. The highest BCUT2D eigenvalue weighted by atomic mass is 32.2. The van der Waals surface area contributed by atoms with Crippen LogP contribution in [0.4, 0.5) is 5.69 Å². The minimum atomic E-state index is -3.65. The number of nitrogens with zero attached hydrogens (tertiary/aromatic N) is 1. The fourth-order valence-electron chi connectivity index (χ4n) is 2.96. The summed E-state index contributed by atoms with van der Waals surface area (Å²) >= 11 is 0. The lowest BCUT2D eigenvalue weighted by atomic mass is 10.1. The van der Waals surface area contributed by atoms with E-state index < -0.39 is 16.1 Å². The van der Waals surface area contributed by atoms with Crippen molar-refractivity contribution in [3.05, 3.63) is 59.7 Å². The van der Waals surface area contributed by atoms with Crippen LogP contribution < -0.4 is 14.4 Å². The first-order chi connectivity index (χ1) is 13.2. The Morgan fingerprint density at radius 3 is 2.46 bits per heavy atom. The summed E-state index contributed by atoms with van der Waals surface area (Å²) in [5, 5.41) is 2.84. The molecule has 7 heteroatoms. The molecule has 2 aromatic carbocycles. The Kier molecular flexibility index (Phi) is 7.45. The molecule has 1 N–H and O–H groups in total. The van der Waals surface area contributed by atoms with E-state index in [2.05, 4.69) is 29.6 Å². The van der Waals surface area contributed by atoms with E-state index in [9.17, 15) is 13.2 Å². The molecule has 0 spiro atoms. The molecule has 0 fully saturated rings. The monoisotopic (exact) mass is 404 g/mol. The molecule has 0 unspecified atom stereocenters. The number of sulfonamides is 1. The van der Waals surface area contributed by atoms with Crippen molar-refractivity contribution in [3.8, 4) is 5.75 Å². The summed E-state index contributed by atoms with van der Waals surface area (Å²) in [5.41, 5.74) is 2.82. The molecule has 2 rings (SSSR count). The van der Waals surface area contributed by atoms with Gasteiger partial charge in [0.05, 0.1) is 19.1 Å². The zero-order valence-corrected chi connectivity index (χ0v) is 17.6. The van der Waals surface area contributed by atoms with Gasteiger partial charge in [-0.3, -0.25) is 9.10 Å². The van der Waals surface area contributed by atoms with Crippen molar-refractivity contribution in [1.82, 2.24) is 5.32 Å². The summed E-state index contributed by atoms with van der Waals surface area (Å²) in [6.45, 7) is 4.10. The van der Waals surface area contributed by atoms with Crippen LogP contribution in [-0.2, 0) is 21.2 Å². The average Bonchev–Trinajstić information content (AvgIpc) is 2.65. The molecule has 0 aliphatic carbocycles. The highest BCUT2D eigenvalue weighted by Crippen LogP contribution is 2.25. The number of carbonyl (C=O) groups is 1. The van der Waals surface area contributed by atoms with Gasteiger partial charge in [-0.05, 0) is 44.4 Å². The Hall–Kier alpha value is -2.54. The van der Waals surface area contributed by atoms with E-state index in [0.717, 1.165) is 23.4 Å². The number of hydrogen-bond donors (Lipinski definition) is 1. The second-order valence-electron chi connectivity index (χ2n) is 6.82. The van der Waals surface area contributed by atoms with Gasteiger partial charge in [0.1, 0.15) is 11.8 Å². The van der Waals surface area contributed by atoms with E-state index >= 15 is 0 Å². The average molecular weight is 405 g/mol. The Morgan fingerprint density at radius 2 is 1.86 bits per heavy atom. The molecule has 0 aliphatic rings. The summed E-state index contributed by atoms with van der Waals surface area (Å²) < 4.78 is 30.9. The zero-order valence-electron chi connectivity index (χ0n) is 16.8. The van der Waals surface area contributed by atoms with Crippen molar-refractivity contribution in [2.75, 3.05) is 24.2 Å². The van der Waals surface area contributed by atoms with Gasteiger partial charge < -0.3 is 10.1 Å². The number of methoxy groups -OCH3 is 1. The van der Waals surface area contributed by atoms with Gasteiger partial charge in [0.25, 0.3) is 0 Å². The SMILES string of the molecule is COc1cccc(N([C@@H](C)C(=O)NCCCc2ccc(C)cc2)S(C)(=O)=O)c1. The van der Waals surface area contributed by atoms with Crippen molar-refractivity contribution in [2.45, 2.75) is 32.7 Å². The minimum Gasteiger partial charge on any atom is -0.497 e. The lowest BCUT2D eigenvalue weighted by molar-refractivity contribution is -0.121. The summed E-state index contributed by atoms with van der Waals surface area (Å²) in [5.74, 6) is 0.189. The van der Waals surface area contributed by atoms with Crippen LogP contribution in [0, 0.1) is 6.92 Å². The Labute approximate surface area is 167 Å². The van der Waals surface area contributed by atoms with Crippen LogP contribution in [0.3, 0.4) is 0 Å². The van der Waals surface area contributed by atoms with Crippen LogP contribution in [0.2, 0.25) is 0 Å². The van der Waals surface area contributed by atoms with E-state index in [0.29, 0.717) is 18.0 Å². The van der Waals surface area contributed by atoms with Crippen LogP contribution in [0.25, 0.3) is 0 Å². The van der Waals surface area contributed by atoms with Gasteiger partial charge in [0.2, 0.25) is 15.9 Å². The summed E-state index contributed by atoms with van der Waals surface area (Å²) in [6, 6.07) is 14.1. The van der Waals surface area contributed by atoms with Crippen LogP contribution in [0.1, 0.15) is 24.5 Å². The van der Waals surface area contributed by atoms with Crippen LogP contribution in [-0.4, -0.2) is 40.3 Å². The van der Waals surface area contributed by atoms with Crippen molar-refractivity contribution >= 4 is 21.6 Å².